The van der Waals surface area contributed by atoms with Crippen molar-refractivity contribution in [1.29, 1.82) is 0 Å². The van der Waals surface area contributed by atoms with E-state index < -0.39 is 5.97 Å². The number of aliphatic carboxylic acids is 1. The molecule has 0 radical (unpaired) electrons. The Labute approximate surface area is 106 Å². The maximum absolute atomic E-state index is 10.8. The lowest BCUT2D eigenvalue weighted by Crippen LogP contribution is -2.34. The molecule has 3 heteroatoms. The average molecular weight is 241 g/mol. The summed E-state index contributed by atoms with van der Waals surface area (Å²) >= 11 is 0. The Balaban J connectivity index is 4.44. The predicted molar refractivity (Wildman–Crippen MR) is 72.2 cm³/mol. The van der Waals surface area contributed by atoms with E-state index in [4.69, 9.17) is 5.11 Å². The maximum atomic E-state index is 10.8. The first-order valence-electron chi connectivity index (χ1n) is 6.68. The molecule has 0 bridgehead atoms. The SMILES string of the molecule is CCCCN(CCCC)C(C)C=C(C)C(=O)O. The molecule has 1 atom stereocenters. The van der Waals surface area contributed by atoms with Crippen LogP contribution in [-0.2, 0) is 4.79 Å². The van der Waals surface area contributed by atoms with Crippen molar-refractivity contribution in [2.24, 2.45) is 0 Å². The number of unbranched alkanes of at least 4 members (excludes halogenated alkanes) is 2. The highest BCUT2D eigenvalue weighted by Gasteiger charge is 2.12. The molecule has 0 aliphatic carbocycles. The van der Waals surface area contributed by atoms with Crippen LogP contribution in [0.3, 0.4) is 0 Å². The van der Waals surface area contributed by atoms with Crippen LogP contribution in [0.2, 0.25) is 0 Å². The van der Waals surface area contributed by atoms with Crippen LogP contribution in [0.1, 0.15) is 53.4 Å². The third-order valence-corrected chi connectivity index (χ3v) is 3.00. The van der Waals surface area contributed by atoms with Gasteiger partial charge in [-0.05, 0) is 39.8 Å². The zero-order valence-corrected chi connectivity index (χ0v) is 11.7. The molecule has 0 saturated heterocycles. The van der Waals surface area contributed by atoms with Gasteiger partial charge in [0, 0.05) is 11.6 Å². The number of hydrogen-bond donors (Lipinski definition) is 1. The second kappa shape index (κ2) is 9.23. The quantitative estimate of drug-likeness (QED) is 0.630. The second-order valence-electron chi connectivity index (χ2n) is 4.64. The molecule has 0 saturated carbocycles. The summed E-state index contributed by atoms with van der Waals surface area (Å²) < 4.78 is 0. The molecule has 0 amide bonds. The number of carbonyl (C=O) groups is 1. The fourth-order valence-electron chi connectivity index (χ4n) is 1.78. The number of nitrogens with zero attached hydrogens (tertiary/aromatic N) is 1. The summed E-state index contributed by atoms with van der Waals surface area (Å²) in [4.78, 5) is 13.2. The first kappa shape index (κ1) is 16.2. The van der Waals surface area contributed by atoms with E-state index in [1.54, 1.807) is 6.92 Å². The summed E-state index contributed by atoms with van der Waals surface area (Å²) in [5.41, 5.74) is 0.440. The monoisotopic (exact) mass is 241 g/mol. The zero-order chi connectivity index (χ0) is 13.3. The Morgan fingerprint density at radius 1 is 1.24 bits per heavy atom. The van der Waals surface area contributed by atoms with Crippen LogP contribution in [0, 0.1) is 0 Å². The molecule has 1 N–H and O–H groups in total. The largest absolute Gasteiger partial charge is 0.478 e. The molecule has 17 heavy (non-hydrogen) atoms. The van der Waals surface area contributed by atoms with Gasteiger partial charge in [0.1, 0.15) is 0 Å². The molecule has 0 spiro atoms. The molecule has 3 nitrogen and oxygen atoms in total. The number of carboxylic acids is 1. The van der Waals surface area contributed by atoms with E-state index in [-0.39, 0.29) is 6.04 Å². The Morgan fingerprint density at radius 2 is 1.71 bits per heavy atom. The fraction of sp³-hybridized carbons (Fsp3) is 0.786. The zero-order valence-electron chi connectivity index (χ0n) is 11.7. The van der Waals surface area contributed by atoms with Crippen molar-refractivity contribution in [2.45, 2.75) is 59.4 Å². The third kappa shape index (κ3) is 7.16. The number of carboxylic acid groups (broad SMARTS) is 1. The van der Waals surface area contributed by atoms with Gasteiger partial charge in [-0.15, -0.1) is 0 Å². The highest BCUT2D eigenvalue weighted by Crippen LogP contribution is 2.08. The van der Waals surface area contributed by atoms with Gasteiger partial charge in [-0.2, -0.15) is 0 Å². The van der Waals surface area contributed by atoms with Crippen LogP contribution in [0.4, 0.5) is 0 Å². The van der Waals surface area contributed by atoms with Crippen LogP contribution in [0.15, 0.2) is 11.6 Å². The molecule has 0 heterocycles. The minimum Gasteiger partial charge on any atom is -0.478 e. The van der Waals surface area contributed by atoms with Crippen molar-refractivity contribution in [3.63, 3.8) is 0 Å². The van der Waals surface area contributed by atoms with E-state index in [1.807, 2.05) is 6.08 Å². The summed E-state index contributed by atoms with van der Waals surface area (Å²) in [5.74, 6) is -0.817. The van der Waals surface area contributed by atoms with Gasteiger partial charge in [-0.1, -0.05) is 32.8 Å². The van der Waals surface area contributed by atoms with E-state index >= 15 is 0 Å². The first-order chi connectivity index (χ1) is 8.02. The summed E-state index contributed by atoms with van der Waals surface area (Å²) in [6.07, 6.45) is 6.56. The van der Waals surface area contributed by atoms with Gasteiger partial charge in [0.05, 0.1) is 0 Å². The van der Waals surface area contributed by atoms with Crippen molar-refractivity contribution in [3.05, 3.63) is 11.6 Å². The third-order valence-electron chi connectivity index (χ3n) is 3.00. The standard InChI is InChI=1S/C14H27NO2/c1-5-7-9-15(10-8-6-2)13(4)11-12(3)14(16)17/h11,13H,5-10H2,1-4H3,(H,16,17). The molecule has 100 valence electrons. The van der Waals surface area contributed by atoms with Crippen molar-refractivity contribution in [3.8, 4) is 0 Å². The molecule has 0 rings (SSSR count). The molecule has 1 unspecified atom stereocenters. The van der Waals surface area contributed by atoms with E-state index in [9.17, 15) is 4.79 Å². The molecule has 0 aliphatic heterocycles. The molecular formula is C14H27NO2. The van der Waals surface area contributed by atoms with Crippen LogP contribution in [-0.4, -0.2) is 35.1 Å². The molecule has 0 aromatic rings. The van der Waals surface area contributed by atoms with Crippen molar-refractivity contribution < 1.29 is 9.90 Å². The van der Waals surface area contributed by atoms with Crippen molar-refractivity contribution in [2.75, 3.05) is 13.1 Å². The minimum absolute atomic E-state index is 0.212. The van der Waals surface area contributed by atoms with Crippen molar-refractivity contribution in [1.82, 2.24) is 4.90 Å². The van der Waals surface area contributed by atoms with Gasteiger partial charge in [0.2, 0.25) is 0 Å². The lowest BCUT2D eigenvalue weighted by molar-refractivity contribution is -0.132. The van der Waals surface area contributed by atoms with E-state index in [0.29, 0.717) is 5.57 Å². The Kier molecular flexibility index (Phi) is 8.78. The average Bonchev–Trinajstić information content (AvgIpc) is 2.28. The Morgan fingerprint density at radius 3 is 2.06 bits per heavy atom. The van der Waals surface area contributed by atoms with Gasteiger partial charge in [-0.25, -0.2) is 4.79 Å². The van der Waals surface area contributed by atoms with E-state index in [2.05, 4.69) is 25.7 Å². The first-order valence-corrected chi connectivity index (χ1v) is 6.68. The molecule has 0 aliphatic rings. The maximum Gasteiger partial charge on any atom is 0.331 e. The van der Waals surface area contributed by atoms with Gasteiger partial charge < -0.3 is 5.11 Å². The van der Waals surface area contributed by atoms with Gasteiger partial charge in [0.15, 0.2) is 0 Å². The Bertz CT molecular complexity index is 241. The lowest BCUT2D eigenvalue weighted by atomic mass is 10.1. The predicted octanol–water partition coefficient (Wildman–Crippen LogP) is 3.31. The van der Waals surface area contributed by atoms with Gasteiger partial charge >= 0.3 is 5.97 Å². The smallest absolute Gasteiger partial charge is 0.331 e. The summed E-state index contributed by atoms with van der Waals surface area (Å²) in [5, 5.41) is 8.88. The van der Waals surface area contributed by atoms with Crippen LogP contribution < -0.4 is 0 Å². The summed E-state index contributed by atoms with van der Waals surface area (Å²) in [6, 6.07) is 0.212. The molecule has 0 aromatic heterocycles. The van der Waals surface area contributed by atoms with E-state index in [1.165, 1.54) is 25.7 Å². The summed E-state index contributed by atoms with van der Waals surface area (Å²) in [7, 11) is 0. The van der Waals surface area contributed by atoms with Crippen molar-refractivity contribution >= 4 is 5.97 Å². The highest BCUT2D eigenvalue weighted by atomic mass is 16.4. The number of rotatable bonds is 9. The summed E-state index contributed by atoms with van der Waals surface area (Å²) in [6.45, 7) is 10.2. The Hall–Kier alpha value is -0.830. The van der Waals surface area contributed by atoms with E-state index in [0.717, 1.165) is 13.1 Å². The lowest BCUT2D eigenvalue weighted by Gasteiger charge is -2.27. The normalized spacial score (nSPS) is 14.1. The second-order valence-corrected chi connectivity index (χ2v) is 4.64. The highest BCUT2D eigenvalue weighted by molar-refractivity contribution is 5.85. The molecule has 0 aromatic carbocycles. The van der Waals surface area contributed by atoms with Crippen LogP contribution >= 0.6 is 0 Å². The molecule has 0 fully saturated rings. The van der Waals surface area contributed by atoms with Crippen LogP contribution in [0.5, 0.6) is 0 Å². The fourth-order valence-corrected chi connectivity index (χ4v) is 1.78. The minimum atomic E-state index is -0.817. The van der Waals surface area contributed by atoms with Gasteiger partial charge in [0.25, 0.3) is 0 Å². The molecular weight excluding hydrogens is 214 g/mol. The van der Waals surface area contributed by atoms with Gasteiger partial charge in [-0.3, -0.25) is 4.90 Å². The number of hydrogen-bond acceptors (Lipinski definition) is 2. The topological polar surface area (TPSA) is 40.5 Å². The van der Waals surface area contributed by atoms with Crippen LogP contribution in [0.25, 0.3) is 0 Å².